The fourth-order valence-electron chi connectivity index (χ4n) is 3.08. The Morgan fingerprint density at radius 1 is 0.971 bits per heavy atom. The average Bonchev–Trinajstić information content (AvgIpc) is 2.81. The third-order valence-corrected chi connectivity index (χ3v) is 5.02. The molecule has 1 atom stereocenters. The first-order valence-electron chi connectivity index (χ1n) is 10.7. The summed E-state index contributed by atoms with van der Waals surface area (Å²) in [5, 5.41) is 36.9. The molecule has 190 valence electrons. The lowest BCUT2D eigenvalue weighted by Gasteiger charge is -2.23. The molecule has 35 heavy (non-hydrogen) atoms. The number of rotatable bonds is 12. The Labute approximate surface area is 203 Å². The number of nitrogens with zero attached hydrogens (tertiary/aromatic N) is 2. The van der Waals surface area contributed by atoms with E-state index < -0.39 is 36.4 Å². The number of aliphatic carboxylic acids is 3. The number of likely N-dealkylation sites (N-methyl/N-ethyl adjacent to an activating group) is 2. The van der Waals surface area contributed by atoms with E-state index in [1.807, 2.05) is 62.6 Å². The molecule has 0 aliphatic carbocycles. The summed E-state index contributed by atoms with van der Waals surface area (Å²) in [4.78, 5) is 49.1. The van der Waals surface area contributed by atoms with Gasteiger partial charge in [0.05, 0.1) is 18.9 Å². The first-order chi connectivity index (χ1) is 16.5. The van der Waals surface area contributed by atoms with E-state index in [0.717, 1.165) is 17.7 Å². The van der Waals surface area contributed by atoms with Gasteiger partial charge in [0.15, 0.2) is 5.60 Å². The van der Waals surface area contributed by atoms with Crippen LogP contribution in [0.25, 0.3) is 0 Å². The molecule has 2 rings (SSSR count). The molecule has 0 fully saturated rings. The molecule has 0 aliphatic heterocycles. The number of carbonyl (C=O) groups is 4. The van der Waals surface area contributed by atoms with Crippen molar-refractivity contribution in [2.45, 2.75) is 37.3 Å². The first kappa shape index (κ1) is 29.2. The first-order valence-corrected chi connectivity index (χ1v) is 10.7. The molecule has 1 heterocycles. The van der Waals surface area contributed by atoms with Crippen molar-refractivity contribution in [3.63, 3.8) is 0 Å². The van der Waals surface area contributed by atoms with Crippen LogP contribution in [-0.2, 0) is 32.0 Å². The molecular weight excluding hydrogens is 458 g/mol. The Morgan fingerprint density at radius 2 is 1.54 bits per heavy atom. The molecule has 1 aromatic heterocycles. The standard InChI is InChI=1S/C18H23N3O.C6H8O7/c1-19-17(14-15-8-4-3-5-9-15)18(22)21(2)13-11-16-10-6-7-12-20-16;7-3(8)1-6(13,5(11)12)2-4(9)10/h3-10,12,17,19H,11,13-14H2,1-2H3;13H,1-2H2,(H,7,8)(H,9,10)(H,11,12)/t17-;/m0./s1. The summed E-state index contributed by atoms with van der Waals surface area (Å²) < 4.78 is 0. The van der Waals surface area contributed by atoms with E-state index >= 15 is 0 Å². The van der Waals surface area contributed by atoms with Crippen LogP contribution in [0.4, 0.5) is 0 Å². The van der Waals surface area contributed by atoms with Crippen LogP contribution in [0.5, 0.6) is 0 Å². The second kappa shape index (κ2) is 14.4. The highest BCUT2D eigenvalue weighted by molar-refractivity contribution is 5.88. The van der Waals surface area contributed by atoms with Crippen LogP contribution in [0.1, 0.15) is 24.1 Å². The number of carboxylic acids is 3. The van der Waals surface area contributed by atoms with Gasteiger partial charge in [-0.3, -0.25) is 19.4 Å². The van der Waals surface area contributed by atoms with Crippen molar-refractivity contribution in [1.82, 2.24) is 15.2 Å². The SMILES string of the molecule is CN[C@@H](Cc1ccccc1)C(=O)N(C)CCc1ccccn1.O=C(O)CC(O)(CC(=O)O)C(=O)O. The van der Waals surface area contributed by atoms with Crippen LogP contribution in [0.3, 0.4) is 0 Å². The number of hydrogen-bond donors (Lipinski definition) is 5. The fourth-order valence-corrected chi connectivity index (χ4v) is 3.08. The molecule has 0 spiro atoms. The van der Waals surface area contributed by atoms with E-state index in [9.17, 15) is 19.2 Å². The number of aromatic nitrogens is 1. The molecule has 5 N–H and O–H groups in total. The number of pyridine rings is 1. The van der Waals surface area contributed by atoms with E-state index in [2.05, 4.69) is 10.3 Å². The van der Waals surface area contributed by atoms with Crippen molar-refractivity contribution in [2.75, 3.05) is 20.6 Å². The van der Waals surface area contributed by atoms with Crippen LogP contribution in [0, 0.1) is 0 Å². The number of aliphatic hydroxyl groups is 1. The zero-order chi connectivity index (χ0) is 26.4. The van der Waals surface area contributed by atoms with Gasteiger partial charge in [-0.2, -0.15) is 0 Å². The molecular formula is C24H31N3O8. The minimum absolute atomic E-state index is 0.113. The van der Waals surface area contributed by atoms with Gasteiger partial charge in [-0.1, -0.05) is 36.4 Å². The quantitative estimate of drug-likeness (QED) is 0.284. The van der Waals surface area contributed by atoms with Gasteiger partial charge in [-0.05, 0) is 31.2 Å². The van der Waals surface area contributed by atoms with E-state index in [-0.39, 0.29) is 11.9 Å². The largest absolute Gasteiger partial charge is 0.481 e. The number of benzene rings is 1. The van der Waals surface area contributed by atoms with Gasteiger partial charge in [0.1, 0.15) is 0 Å². The summed E-state index contributed by atoms with van der Waals surface area (Å²) in [6.45, 7) is 0.669. The predicted octanol–water partition coefficient (Wildman–Crippen LogP) is 0.665. The number of carbonyl (C=O) groups excluding carboxylic acids is 1. The van der Waals surface area contributed by atoms with Crippen molar-refractivity contribution < 1.29 is 39.6 Å². The van der Waals surface area contributed by atoms with Gasteiger partial charge in [-0.25, -0.2) is 4.79 Å². The maximum absolute atomic E-state index is 12.5. The maximum Gasteiger partial charge on any atom is 0.336 e. The molecule has 0 radical (unpaired) electrons. The van der Waals surface area contributed by atoms with Gasteiger partial charge < -0.3 is 30.6 Å². The average molecular weight is 490 g/mol. The highest BCUT2D eigenvalue weighted by Crippen LogP contribution is 2.15. The normalized spacial score (nSPS) is 11.5. The summed E-state index contributed by atoms with van der Waals surface area (Å²) in [6.07, 6.45) is 0.960. The van der Waals surface area contributed by atoms with E-state index in [1.165, 1.54) is 0 Å². The molecule has 0 aliphatic rings. The van der Waals surface area contributed by atoms with Gasteiger partial charge in [-0.15, -0.1) is 0 Å². The smallest absolute Gasteiger partial charge is 0.336 e. The molecule has 1 amide bonds. The summed E-state index contributed by atoms with van der Waals surface area (Å²) in [5.41, 5.74) is -0.572. The second-order valence-electron chi connectivity index (χ2n) is 7.84. The number of hydrogen-bond acceptors (Lipinski definition) is 7. The van der Waals surface area contributed by atoms with Crippen LogP contribution >= 0.6 is 0 Å². The predicted molar refractivity (Wildman–Crippen MR) is 126 cm³/mol. The Hall–Kier alpha value is -3.83. The Bertz CT molecular complexity index is 953. The lowest BCUT2D eigenvalue weighted by molar-refractivity contribution is -0.170. The van der Waals surface area contributed by atoms with Gasteiger partial charge in [0, 0.05) is 31.9 Å². The molecule has 2 aromatic rings. The highest BCUT2D eigenvalue weighted by atomic mass is 16.4. The van der Waals surface area contributed by atoms with E-state index in [1.54, 1.807) is 11.1 Å². The van der Waals surface area contributed by atoms with Crippen molar-refractivity contribution in [3.8, 4) is 0 Å². The monoisotopic (exact) mass is 489 g/mol. The van der Waals surface area contributed by atoms with Crippen molar-refractivity contribution in [3.05, 3.63) is 66.0 Å². The second-order valence-corrected chi connectivity index (χ2v) is 7.84. The zero-order valence-electron chi connectivity index (χ0n) is 19.6. The zero-order valence-corrected chi connectivity index (χ0v) is 19.6. The van der Waals surface area contributed by atoms with Gasteiger partial charge >= 0.3 is 17.9 Å². The molecule has 0 saturated carbocycles. The Kier molecular flexibility index (Phi) is 12.0. The van der Waals surface area contributed by atoms with Crippen LogP contribution < -0.4 is 5.32 Å². The molecule has 0 saturated heterocycles. The molecule has 11 heteroatoms. The van der Waals surface area contributed by atoms with Crippen LogP contribution in [0.15, 0.2) is 54.7 Å². The highest BCUT2D eigenvalue weighted by Gasteiger charge is 2.40. The Balaban J connectivity index is 0.000000405. The van der Waals surface area contributed by atoms with Crippen molar-refractivity contribution in [2.24, 2.45) is 0 Å². The van der Waals surface area contributed by atoms with Crippen LogP contribution in [-0.4, -0.2) is 86.4 Å². The van der Waals surface area contributed by atoms with Crippen molar-refractivity contribution in [1.29, 1.82) is 0 Å². The van der Waals surface area contributed by atoms with E-state index in [0.29, 0.717) is 13.0 Å². The molecule has 0 bridgehead atoms. The summed E-state index contributed by atoms with van der Waals surface area (Å²) >= 11 is 0. The summed E-state index contributed by atoms with van der Waals surface area (Å²) in [7, 11) is 3.68. The minimum Gasteiger partial charge on any atom is -0.481 e. The topological polar surface area (TPSA) is 177 Å². The number of carboxylic acid groups (broad SMARTS) is 3. The maximum atomic E-state index is 12.5. The third-order valence-electron chi connectivity index (χ3n) is 5.02. The summed E-state index contributed by atoms with van der Waals surface area (Å²) in [6, 6.07) is 15.7. The lowest BCUT2D eigenvalue weighted by atomic mass is 9.96. The minimum atomic E-state index is -2.74. The number of nitrogens with one attached hydrogen (secondary N) is 1. The van der Waals surface area contributed by atoms with E-state index in [4.69, 9.17) is 20.4 Å². The van der Waals surface area contributed by atoms with Crippen molar-refractivity contribution >= 4 is 23.8 Å². The van der Waals surface area contributed by atoms with Crippen LogP contribution in [0.2, 0.25) is 0 Å². The molecule has 1 aromatic carbocycles. The fraction of sp³-hybridized carbons (Fsp3) is 0.375. The molecule has 0 unspecified atom stereocenters. The Morgan fingerprint density at radius 3 is 2.00 bits per heavy atom. The summed E-state index contributed by atoms with van der Waals surface area (Å²) in [5.74, 6) is -4.91. The van der Waals surface area contributed by atoms with Gasteiger partial charge in [0.25, 0.3) is 0 Å². The molecule has 11 nitrogen and oxygen atoms in total. The number of amides is 1. The third kappa shape index (κ3) is 10.8. The lowest BCUT2D eigenvalue weighted by Crippen LogP contribution is -2.45. The van der Waals surface area contributed by atoms with Gasteiger partial charge in [0.2, 0.25) is 5.91 Å².